The molecule has 1 aromatic rings. The normalized spacial score (nSPS) is 13.5. The second kappa shape index (κ2) is 7.00. The first-order valence-electron chi connectivity index (χ1n) is 6.30. The number of nitro groups is 1. The zero-order valence-electron chi connectivity index (χ0n) is 12.2. The first-order valence-corrected chi connectivity index (χ1v) is 7.43. The average molecular weight is 369 g/mol. The van der Waals surface area contributed by atoms with Crippen molar-refractivity contribution in [3.05, 3.63) is 39.9 Å². The molecular formula is C13H16Cl3N3O3. The third-order valence-electron chi connectivity index (χ3n) is 2.52. The lowest BCUT2D eigenvalue weighted by molar-refractivity contribution is -0.384. The maximum absolute atomic E-state index is 12.2. The summed E-state index contributed by atoms with van der Waals surface area (Å²) in [7, 11) is 0. The van der Waals surface area contributed by atoms with Crippen LogP contribution in [0.15, 0.2) is 24.3 Å². The number of benzene rings is 1. The van der Waals surface area contributed by atoms with Gasteiger partial charge in [0.25, 0.3) is 11.6 Å². The molecule has 1 aromatic carbocycles. The number of nitrogens with one attached hydrogen (secondary N) is 2. The molecule has 22 heavy (non-hydrogen) atoms. The number of rotatable bonds is 4. The molecule has 0 aliphatic heterocycles. The first-order chi connectivity index (χ1) is 9.90. The molecule has 0 bridgehead atoms. The number of alkyl halides is 3. The van der Waals surface area contributed by atoms with Gasteiger partial charge in [0.15, 0.2) is 0 Å². The molecule has 0 spiro atoms. The van der Waals surface area contributed by atoms with Crippen LogP contribution in [0.25, 0.3) is 0 Å². The van der Waals surface area contributed by atoms with Crippen molar-refractivity contribution in [2.45, 2.75) is 36.3 Å². The lowest BCUT2D eigenvalue weighted by Crippen LogP contribution is -2.58. The molecule has 122 valence electrons. The molecule has 1 atom stereocenters. The van der Waals surface area contributed by atoms with Gasteiger partial charge < -0.3 is 5.32 Å². The van der Waals surface area contributed by atoms with Crippen molar-refractivity contribution < 1.29 is 9.72 Å². The van der Waals surface area contributed by atoms with E-state index in [-0.39, 0.29) is 11.3 Å². The standard InChI is InChI=1S/C13H16Cl3N3O3/c1-12(2,3)18-11(13(14,15)16)17-10(20)8-4-6-9(7-5-8)19(21)22/h4-7,11,18H,1-3H3,(H,17,20)/t11-/m1/s1. The maximum Gasteiger partial charge on any atom is 0.269 e. The number of non-ortho nitro benzene ring substituents is 1. The maximum atomic E-state index is 12.2. The van der Waals surface area contributed by atoms with Crippen LogP contribution in [0.4, 0.5) is 5.69 Å². The molecule has 1 rings (SSSR count). The molecule has 0 saturated heterocycles. The van der Waals surface area contributed by atoms with Gasteiger partial charge in [-0.3, -0.25) is 20.2 Å². The number of hydrogen-bond donors (Lipinski definition) is 2. The zero-order valence-corrected chi connectivity index (χ0v) is 14.5. The van der Waals surface area contributed by atoms with Crippen LogP contribution in [-0.4, -0.2) is 26.3 Å². The summed E-state index contributed by atoms with van der Waals surface area (Å²) in [6, 6.07) is 5.13. The molecule has 0 aromatic heterocycles. The van der Waals surface area contributed by atoms with Gasteiger partial charge in [0.1, 0.15) is 6.17 Å². The van der Waals surface area contributed by atoms with Crippen molar-refractivity contribution in [3.63, 3.8) is 0 Å². The van der Waals surface area contributed by atoms with E-state index in [4.69, 9.17) is 34.8 Å². The summed E-state index contributed by atoms with van der Waals surface area (Å²) in [5, 5.41) is 16.1. The molecule has 9 heteroatoms. The lowest BCUT2D eigenvalue weighted by Gasteiger charge is -2.33. The van der Waals surface area contributed by atoms with Gasteiger partial charge >= 0.3 is 0 Å². The van der Waals surface area contributed by atoms with Gasteiger partial charge in [0.2, 0.25) is 3.79 Å². The summed E-state index contributed by atoms with van der Waals surface area (Å²) in [4.78, 5) is 22.2. The smallest absolute Gasteiger partial charge is 0.269 e. The number of nitro benzene ring substituents is 1. The molecule has 0 heterocycles. The quantitative estimate of drug-likeness (QED) is 0.369. The Morgan fingerprint density at radius 3 is 2.05 bits per heavy atom. The summed E-state index contributed by atoms with van der Waals surface area (Å²) in [5.74, 6) is -0.511. The van der Waals surface area contributed by atoms with Crippen molar-refractivity contribution in [1.82, 2.24) is 10.6 Å². The number of hydrogen-bond acceptors (Lipinski definition) is 4. The number of carbonyl (C=O) groups excluding carboxylic acids is 1. The van der Waals surface area contributed by atoms with Gasteiger partial charge in [-0.25, -0.2) is 0 Å². The lowest BCUT2D eigenvalue weighted by atomic mass is 10.1. The fraction of sp³-hybridized carbons (Fsp3) is 0.462. The van der Waals surface area contributed by atoms with Crippen LogP contribution < -0.4 is 10.6 Å². The molecule has 0 radical (unpaired) electrons. The van der Waals surface area contributed by atoms with Crippen molar-refractivity contribution >= 4 is 46.4 Å². The van der Waals surface area contributed by atoms with E-state index in [1.807, 2.05) is 20.8 Å². The molecule has 0 unspecified atom stereocenters. The van der Waals surface area contributed by atoms with Gasteiger partial charge in [0, 0.05) is 23.2 Å². The van der Waals surface area contributed by atoms with E-state index in [1.165, 1.54) is 24.3 Å². The second-order valence-electron chi connectivity index (χ2n) is 5.65. The van der Waals surface area contributed by atoms with E-state index in [0.29, 0.717) is 0 Å². The third-order valence-corrected chi connectivity index (χ3v) is 3.18. The number of nitrogens with zero attached hydrogens (tertiary/aromatic N) is 1. The van der Waals surface area contributed by atoms with Gasteiger partial charge in [-0.1, -0.05) is 34.8 Å². The van der Waals surface area contributed by atoms with E-state index >= 15 is 0 Å². The van der Waals surface area contributed by atoms with E-state index in [9.17, 15) is 14.9 Å². The Hall–Kier alpha value is -1.08. The van der Waals surface area contributed by atoms with Gasteiger partial charge in [-0.15, -0.1) is 0 Å². The predicted molar refractivity (Wildman–Crippen MR) is 87.5 cm³/mol. The minimum atomic E-state index is -1.76. The molecule has 6 nitrogen and oxygen atoms in total. The highest BCUT2D eigenvalue weighted by molar-refractivity contribution is 6.68. The van der Waals surface area contributed by atoms with E-state index in [1.54, 1.807) is 0 Å². The van der Waals surface area contributed by atoms with E-state index < -0.39 is 26.3 Å². The number of halogens is 3. The highest BCUT2D eigenvalue weighted by Crippen LogP contribution is 2.30. The van der Waals surface area contributed by atoms with E-state index in [0.717, 1.165) is 0 Å². The molecule has 0 saturated carbocycles. The second-order valence-corrected chi connectivity index (χ2v) is 8.02. The van der Waals surface area contributed by atoms with Crippen LogP contribution in [0.3, 0.4) is 0 Å². The highest BCUT2D eigenvalue weighted by Gasteiger charge is 2.36. The summed E-state index contributed by atoms with van der Waals surface area (Å²) < 4.78 is -1.76. The van der Waals surface area contributed by atoms with Crippen molar-refractivity contribution in [2.75, 3.05) is 0 Å². The van der Waals surface area contributed by atoms with Crippen LogP contribution in [-0.2, 0) is 0 Å². The predicted octanol–water partition coefficient (Wildman–Crippen LogP) is 3.41. The number of carbonyl (C=O) groups is 1. The Kier molecular flexibility index (Phi) is 6.03. The molecule has 0 aliphatic rings. The molecule has 2 N–H and O–H groups in total. The van der Waals surface area contributed by atoms with E-state index in [2.05, 4.69) is 10.6 Å². The molecule has 0 aliphatic carbocycles. The van der Waals surface area contributed by atoms with Crippen molar-refractivity contribution in [3.8, 4) is 0 Å². The Morgan fingerprint density at radius 2 is 1.68 bits per heavy atom. The topological polar surface area (TPSA) is 84.3 Å². The van der Waals surface area contributed by atoms with Crippen molar-refractivity contribution in [1.29, 1.82) is 0 Å². The average Bonchev–Trinajstić information content (AvgIpc) is 2.35. The first kappa shape index (κ1) is 19.0. The Bertz CT molecular complexity index is 550. The molecule has 0 fully saturated rings. The zero-order chi connectivity index (χ0) is 17.1. The van der Waals surface area contributed by atoms with Gasteiger partial charge in [-0.2, -0.15) is 0 Å². The summed E-state index contributed by atoms with van der Waals surface area (Å²) in [6.45, 7) is 5.57. The fourth-order valence-electron chi connectivity index (χ4n) is 1.58. The molecular weight excluding hydrogens is 353 g/mol. The van der Waals surface area contributed by atoms with Crippen LogP contribution in [0, 0.1) is 10.1 Å². The van der Waals surface area contributed by atoms with Crippen LogP contribution in [0.1, 0.15) is 31.1 Å². The van der Waals surface area contributed by atoms with Gasteiger partial charge in [0.05, 0.1) is 4.92 Å². The van der Waals surface area contributed by atoms with Crippen LogP contribution >= 0.6 is 34.8 Å². The third kappa shape index (κ3) is 5.96. The van der Waals surface area contributed by atoms with Crippen LogP contribution in [0.5, 0.6) is 0 Å². The minimum absolute atomic E-state index is 0.109. The largest absolute Gasteiger partial charge is 0.333 e. The fourth-order valence-corrected chi connectivity index (χ4v) is 1.91. The summed E-state index contributed by atoms with van der Waals surface area (Å²) >= 11 is 17.6. The summed E-state index contributed by atoms with van der Waals surface area (Å²) in [5.41, 5.74) is -0.292. The van der Waals surface area contributed by atoms with Gasteiger partial charge in [-0.05, 0) is 32.9 Å². The van der Waals surface area contributed by atoms with Crippen LogP contribution in [0.2, 0.25) is 0 Å². The van der Waals surface area contributed by atoms with Crippen molar-refractivity contribution in [2.24, 2.45) is 0 Å². The summed E-state index contributed by atoms with van der Waals surface area (Å²) in [6.07, 6.45) is -0.930. The number of amides is 1. The Labute approximate surface area is 143 Å². The monoisotopic (exact) mass is 367 g/mol. The highest BCUT2D eigenvalue weighted by atomic mass is 35.6. The minimum Gasteiger partial charge on any atom is -0.333 e. The Balaban J connectivity index is 2.89. The SMILES string of the molecule is CC(C)(C)N[C@@H](NC(=O)c1ccc([N+](=O)[O-])cc1)C(Cl)(Cl)Cl. The Morgan fingerprint density at radius 1 is 1.18 bits per heavy atom. The molecule has 1 amide bonds.